The lowest BCUT2D eigenvalue weighted by Gasteiger charge is -2.23. The number of carbonyl (C=O) groups excluding carboxylic acids is 1. The van der Waals surface area contributed by atoms with E-state index in [1.165, 1.54) is 19.2 Å². The summed E-state index contributed by atoms with van der Waals surface area (Å²) in [6.07, 6.45) is 1.89. The van der Waals surface area contributed by atoms with E-state index >= 15 is 0 Å². The molecule has 0 atom stereocenters. The second-order valence-electron chi connectivity index (χ2n) is 7.85. The maximum atomic E-state index is 13.0. The van der Waals surface area contributed by atoms with Crippen molar-refractivity contribution < 1.29 is 26.9 Å². The first kappa shape index (κ1) is 23.4. The number of carbonyl (C=O) groups is 1. The molecule has 1 N–H and O–H groups in total. The average Bonchev–Trinajstić information content (AvgIpc) is 3.69. The molecule has 0 radical (unpaired) electrons. The number of rotatable bonds is 9. The van der Waals surface area contributed by atoms with E-state index in [9.17, 15) is 13.2 Å². The van der Waals surface area contributed by atoms with Crippen LogP contribution in [-0.2, 0) is 16.7 Å². The summed E-state index contributed by atoms with van der Waals surface area (Å²) >= 11 is 0. The summed E-state index contributed by atoms with van der Waals surface area (Å²) in [6.45, 7) is 0.386. The summed E-state index contributed by atoms with van der Waals surface area (Å²) < 4.78 is 40.7. The summed E-state index contributed by atoms with van der Waals surface area (Å²) in [5.74, 6) is 1.33. The van der Waals surface area contributed by atoms with Crippen LogP contribution in [0.4, 0.5) is 10.5 Å². The Balaban J connectivity index is 1.42. The fraction of sp³-hybridized carbons (Fsp3) is 0.240. The van der Waals surface area contributed by atoms with E-state index in [1.54, 1.807) is 60.5 Å². The SMILES string of the molecule is COc1ccc(S(=O)(=O)Oc2ccc(CN(C(=O)Nc3ccccc3OC)C3CC3)cc2)cc1. The van der Waals surface area contributed by atoms with Crippen LogP contribution in [0.5, 0.6) is 17.2 Å². The average molecular weight is 483 g/mol. The van der Waals surface area contributed by atoms with Gasteiger partial charge in [-0.05, 0) is 66.9 Å². The highest BCUT2D eigenvalue weighted by Gasteiger charge is 2.33. The zero-order valence-electron chi connectivity index (χ0n) is 18.9. The molecule has 0 bridgehead atoms. The Morgan fingerprint density at radius 1 is 0.912 bits per heavy atom. The van der Waals surface area contributed by atoms with Crippen molar-refractivity contribution in [2.45, 2.75) is 30.3 Å². The van der Waals surface area contributed by atoms with E-state index in [4.69, 9.17) is 13.7 Å². The molecule has 178 valence electrons. The first-order chi connectivity index (χ1) is 16.4. The van der Waals surface area contributed by atoms with Gasteiger partial charge in [-0.15, -0.1) is 0 Å². The van der Waals surface area contributed by atoms with Crippen LogP contribution in [0.15, 0.2) is 77.7 Å². The highest BCUT2D eigenvalue weighted by Crippen LogP contribution is 2.31. The summed E-state index contributed by atoms with van der Waals surface area (Å²) in [7, 11) is -0.909. The zero-order valence-corrected chi connectivity index (χ0v) is 19.7. The van der Waals surface area contributed by atoms with Crippen molar-refractivity contribution in [3.05, 3.63) is 78.4 Å². The van der Waals surface area contributed by atoms with Gasteiger partial charge in [-0.25, -0.2) is 4.79 Å². The third-order valence-electron chi connectivity index (χ3n) is 5.43. The molecule has 3 aromatic rings. The van der Waals surface area contributed by atoms with Crippen LogP contribution >= 0.6 is 0 Å². The van der Waals surface area contributed by atoms with Crippen molar-refractivity contribution in [1.29, 1.82) is 0 Å². The Hall–Kier alpha value is -3.72. The number of nitrogens with zero attached hydrogens (tertiary/aromatic N) is 1. The van der Waals surface area contributed by atoms with E-state index in [0.717, 1.165) is 18.4 Å². The van der Waals surface area contributed by atoms with Gasteiger partial charge in [-0.2, -0.15) is 8.42 Å². The molecule has 34 heavy (non-hydrogen) atoms. The monoisotopic (exact) mass is 482 g/mol. The molecule has 1 aliphatic rings. The topological polar surface area (TPSA) is 94.2 Å². The first-order valence-electron chi connectivity index (χ1n) is 10.8. The van der Waals surface area contributed by atoms with Gasteiger partial charge in [0.15, 0.2) is 0 Å². The normalized spacial score (nSPS) is 13.1. The zero-order chi connectivity index (χ0) is 24.1. The highest BCUT2D eigenvalue weighted by molar-refractivity contribution is 7.87. The predicted octanol–water partition coefficient (Wildman–Crippen LogP) is 4.67. The molecule has 0 saturated heterocycles. The van der Waals surface area contributed by atoms with Gasteiger partial charge in [0.05, 0.1) is 19.9 Å². The van der Waals surface area contributed by atoms with Crippen LogP contribution in [-0.4, -0.2) is 39.6 Å². The van der Waals surface area contributed by atoms with E-state index in [-0.39, 0.29) is 22.7 Å². The van der Waals surface area contributed by atoms with Crippen LogP contribution in [0.1, 0.15) is 18.4 Å². The maximum Gasteiger partial charge on any atom is 0.339 e. The Morgan fingerprint density at radius 2 is 1.56 bits per heavy atom. The lowest BCUT2D eigenvalue weighted by atomic mass is 10.2. The number of anilines is 1. The number of benzene rings is 3. The fourth-order valence-electron chi connectivity index (χ4n) is 3.45. The van der Waals surface area contributed by atoms with E-state index < -0.39 is 10.1 Å². The molecule has 9 heteroatoms. The van der Waals surface area contributed by atoms with Gasteiger partial charge in [-0.3, -0.25) is 0 Å². The molecular weight excluding hydrogens is 456 g/mol. The molecule has 3 aromatic carbocycles. The van der Waals surface area contributed by atoms with Gasteiger partial charge >= 0.3 is 16.1 Å². The molecule has 0 unspecified atom stereocenters. The molecule has 1 aliphatic carbocycles. The van der Waals surface area contributed by atoms with Crippen LogP contribution in [0.25, 0.3) is 0 Å². The molecule has 1 fully saturated rings. The van der Waals surface area contributed by atoms with Crippen molar-refractivity contribution in [2.75, 3.05) is 19.5 Å². The number of para-hydroxylation sites is 2. The fourth-order valence-corrected chi connectivity index (χ4v) is 4.38. The number of urea groups is 1. The van der Waals surface area contributed by atoms with Gasteiger partial charge in [0.2, 0.25) is 0 Å². The molecule has 0 aliphatic heterocycles. The number of ether oxygens (including phenoxy) is 2. The van der Waals surface area contributed by atoms with Crippen molar-refractivity contribution in [3.8, 4) is 17.2 Å². The van der Waals surface area contributed by atoms with Gasteiger partial charge in [0.1, 0.15) is 22.1 Å². The quantitative estimate of drug-likeness (QED) is 0.446. The number of nitrogens with one attached hydrogen (secondary N) is 1. The number of methoxy groups -OCH3 is 2. The number of amides is 2. The van der Waals surface area contributed by atoms with Gasteiger partial charge < -0.3 is 23.9 Å². The largest absolute Gasteiger partial charge is 0.497 e. The van der Waals surface area contributed by atoms with Gasteiger partial charge in [-0.1, -0.05) is 24.3 Å². The molecule has 0 spiro atoms. The minimum absolute atomic E-state index is 0.0327. The number of hydrogen-bond acceptors (Lipinski definition) is 6. The molecule has 0 aromatic heterocycles. The Labute approximate surface area is 199 Å². The maximum absolute atomic E-state index is 13.0. The van der Waals surface area contributed by atoms with Crippen LogP contribution in [0.3, 0.4) is 0 Å². The molecule has 0 heterocycles. The standard InChI is InChI=1S/C25H26N2O6S/c1-31-20-13-15-22(16-14-20)34(29,30)33-21-11-7-18(8-12-21)17-27(19-9-10-19)25(28)26-23-5-3-4-6-24(23)32-2/h3-8,11-16,19H,9-10,17H2,1-2H3,(H,26,28). The van der Waals surface area contributed by atoms with E-state index in [1.807, 2.05) is 12.1 Å². The minimum atomic E-state index is -3.97. The third-order valence-corrected chi connectivity index (χ3v) is 6.69. The molecular formula is C25H26N2O6S. The molecule has 1 saturated carbocycles. The lowest BCUT2D eigenvalue weighted by Crippen LogP contribution is -2.36. The summed E-state index contributed by atoms with van der Waals surface area (Å²) in [5.41, 5.74) is 1.46. The second kappa shape index (κ2) is 10.0. The Morgan fingerprint density at radius 3 is 2.18 bits per heavy atom. The van der Waals surface area contributed by atoms with E-state index in [2.05, 4.69) is 5.32 Å². The second-order valence-corrected chi connectivity index (χ2v) is 9.39. The lowest BCUT2D eigenvalue weighted by molar-refractivity contribution is 0.206. The van der Waals surface area contributed by atoms with Crippen molar-refractivity contribution in [1.82, 2.24) is 4.90 Å². The molecule has 2 amide bonds. The molecule has 8 nitrogen and oxygen atoms in total. The summed E-state index contributed by atoms with van der Waals surface area (Å²) in [6, 6.07) is 19.8. The van der Waals surface area contributed by atoms with Crippen molar-refractivity contribution in [2.24, 2.45) is 0 Å². The van der Waals surface area contributed by atoms with Crippen LogP contribution in [0.2, 0.25) is 0 Å². The van der Waals surface area contributed by atoms with Crippen LogP contribution in [0, 0.1) is 0 Å². The first-order valence-corrected chi connectivity index (χ1v) is 12.2. The summed E-state index contributed by atoms with van der Waals surface area (Å²) in [4.78, 5) is 14.8. The van der Waals surface area contributed by atoms with Crippen molar-refractivity contribution in [3.63, 3.8) is 0 Å². The summed E-state index contributed by atoms with van der Waals surface area (Å²) in [5, 5.41) is 2.92. The smallest absolute Gasteiger partial charge is 0.339 e. The van der Waals surface area contributed by atoms with Crippen molar-refractivity contribution >= 4 is 21.8 Å². The van der Waals surface area contributed by atoms with E-state index in [0.29, 0.717) is 23.7 Å². The van der Waals surface area contributed by atoms with Gasteiger partial charge in [0.25, 0.3) is 0 Å². The highest BCUT2D eigenvalue weighted by atomic mass is 32.2. The number of hydrogen-bond donors (Lipinski definition) is 1. The third kappa shape index (κ3) is 5.60. The Kier molecular flexibility index (Phi) is 6.93. The predicted molar refractivity (Wildman–Crippen MR) is 128 cm³/mol. The Bertz CT molecular complexity index is 1240. The molecule has 4 rings (SSSR count). The minimum Gasteiger partial charge on any atom is -0.497 e. The van der Waals surface area contributed by atoms with Crippen LogP contribution < -0.4 is 19.0 Å². The van der Waals surface area contributed by atoms with Gasteiger partial charge in [0, 0.05) is 12.6 Å².